The molecule has 15 heteroatoms. The van der Waals surface area contributed by atoms with Gasteiger partial charge in [-0.3, -0.25) is 0 Å². The average molecular weight is 793 g/mol. The van der Waals surface area contributed by atoms with Gasteiger partial charge in [0.15, 0.2) is 0 Å². The van der Waals surface area contributed by atoms with Crippen LogP contribution in [0.25, 0.3) is 0 Å². The van der Waals surface area contributed by atoms with Crippen LogP contribution in [0.1, 0.15) is 0 Å². The first-order valence-electron chi connectivity index (χ1n) is 0. The summed E-state index contributed by atoms with van der Waals surface area (Å²) in [5, 5.41) is 0. The molecule has 0 spiro atoms. The first-order chi connectivity index (χ1) is 0. The first kappa shape index (κ1) is 180. The van der Waals surface area contributed by atoms with E-state index in [-0.39, 0.29) is 256 Å². The maximum atomic E-state index is 0. The molecule has 0 unspecified atom stereocenters. The van der Waals surface area contributed by atoms with Gasteiger partial charge in [0.25, 0.3) is 0 Å². The third-order valence-electron chi connectivity index (χ3n) is 0. The van der Waals surface area contributed by atoms with E-state index in [0.717, 1.165) is 0 Å². The molecule has 0 rings (SSSR count). The van der Waals surface area contributed by atoms with Crippen LogP contribution in [-0.2, 0) is 175 Å². The second-order valence-electron chi connectivity index (χ2n) is 0. The Morgan fingerprint density at radius 1 is 0.133 bits per heavy atom. The molecule has 0 saturated heterocycles. The van der Waals surface area contributed by atoms with Gasteiger partial charge in [0.05, 0.1) is 0 Å². The number of hydrogen-bond donors (Lipinski definition) is 0. The SMILES string of the molecule is S.S.S.S.S.S.[Zn].[Zn].[Zn].[Zn].[Zn].[Zn].[Zn].[Zn].[Zn]. The predicted octanol–water partition coefficient (Wildman–Crippen LogP) is 0.654. The minimum absolute atomic E-state index is 0. The zero-order valence-corrected chi connectivity index (χ0v) is 42.1. The Morgan fingerprint density at radius 3 is 0.133 bits per heavy atom. The van der Waals surface area contributed by atoms with E-state index in [2.05, 4.69) is 0 Å². The summed E-state index contributed by atoms with van der Waals surface area (Å²) in [6.45, 7) is 0. The Hall–Kier alpha value is 7.71. The van der Waals surface area contributed by atoms with Gasteiger partial charge in [-0.05, 0) is 0 Å². The van der Waals surface area contributed by atoms with Gasteiger partial charge in [0.2, 0.25) is 0 Å². The molecule has 0 amide bonds. The summed E-state index contributed by atoms with van der Waals surface area (Å²) < 4.78 is 0. The largest absolute Gasteiger partial charge is 0.197 e. The topological polar surface area (TPSA) is 0 Å². The van der Waals surface area contributed by atoms with Gasteiger partial charge in [0.1, 0.15) is 0 Å². The minimum atomic E-state index is 0. The Balaban J connectivity index is 0. The third kappa shape index (κ3) is 142. The van der Waals surface area contributed by atoms with Crippen molar-refractivity contribution in [3.8, 4) is 0 Å². The average Bonchev–Trinajstić information content (AvgIpc) is 0. The van der Waals surface area contributed by atoms with Crippen molar-refractivity contribution in [1.82, 2.24) is 0 Å². The summed E-state index contributed by atoms with van der Waals surface area (Å²) in [5.41, 5.74) is 0. The van der Waals surface area contributed by atoms with Gasteiger partial charge < -0.3 is 0 Å². The molecule has 0 aliphatic rings. The molecule has 15 heavy (non-hydrogen) atoms. The van der Waals surface area contributed by atoms with Crippen LogP contribution in [-0.4, -0.2) is 0 Å². The zero-order chi connectivity index (χ0) is 0. The van der Waals surface area contributed by atoms with Gasteiger partial charge in [0, 0.05) is 175 Å². The van der Waals surface area contributed by atoms with E-state index in [1.54, 1.807) is 0 Å². The molecule has 0 heterocycles. The maximum absolute atomic E-state index is 0. The summed E-state index contributed by atoms with van der Waals surface area (Å²) >= 11 is 0. The second kappa shape index (κ2) is 157. The fourth-order valence-corrected chi connectivity index (χ4v) is 0. The van der Waals surface area contributed by atoms with Crippen LogP contribution < -0.4 is 0 Å². The van der Waals surface area contributed by atoms with Crippen molar-refractivity contribution in [1.29, 1.82) is 0 Å². The molecule has 0 aromatic rings. The Bertz CT molecular complexity index is 14.6. The van der Waals surface area contributed by atoms with E-state index < -0.39 is 0 Å². The van der Waals surface area contributed by atoms with Crippen molar-refractivity contribution in [2.45, 2.75) is 0 Å². The molecular formula is H12S6Zn9. The first-order valence-corrected chi connectivity index (χ1v) is 0. The van der Waals surface area contributed by atoms with Crippen LogP contribution in [0.15, 0.2) is 0 Å². The van der Waals surface area contributed by atoms with Crippen LogP contribution in [0.4, 0.5) is 0 Å². The Labute approximate surface area is 250 Å². The second-order valence-corrected chi connectivity index (χ2v) is 0. The summed E-state index contributed by atoms with van der Waals surface area (Å²) in [4.78, 5) is 0. The molecule has 0 aromatic carbocycles. The zero-order valence-electron chi connectivity index (χ0n) is 9.36. The molecule has 0 nitrogen and oxygen atoms in total. The number of rotatable bonds is 0. The van der Waals surface area contributed by atoms with E-state index in [9.17, 15) is 0 Å². The molecule has 0 bridgehead atoms. The maximum Gasteiger partial charge on any atom is 0 e. The van der Waals surface area contributed by atoms with Crippen LogP contribution in [0, 0.1) is 0 Å². The molecule has 0 fully saturated rings. The molecule has 0 radical (unpaired) electrons. The van der Waals surface area contributed by atoms with Crippen LogP contribution in [0.2, 0.25) is 0 Å². The van der Waals surface area contributed by atoms with Crippen molar-refractivity contribution < 1.29 is 175 Å². The Kier molecular flexibility index (Phi) is 1880. The van der Waals surface area contributed by atoms with E-state index in [4.69, 9.17) is 0 Å². The van der Waals surface area contributed by atoms with Gasteiger partial charge in [-0.1, -0.05) is 0 Å². The van der Waals surface area contributed by atoms with Gasteiger partial charge in [-0.25, -0.2) is 0 Å². The minimum Gasteiger partial charge on any atom is -0.197 e. The van der Waals surface area contributed by atoms with Crippen molar-refractivity contribution in [3.63, 3.8) is 0 Å². The Morgan fingerprint density at radius 2 is 0.133 bits per heavy atom. The fourth-order valence-electron chi connectivity index (χ4n) is 0. The predicted molar refractivity (Wildman–Crippen MR) is 62.3 cm³/mol. The monoisotopic (exact) mass is 779 g/mol. The van der Waals surface area contributed by atoms with Crippen molar-refractivity contribution in [2.24, 2.45) is 0 Å². The summed E-state index contributed by atoms with van der Waals surface area (Å²) in [6, 6.07) is 0. The number of hydrogen-bond acceptors (Lipinski definition) is 0. The van der Waals surface area contributed by atoms with Crippen molar-refractivity contribution in [3.05, 3.63) is 0 Å². The van der Waals surface area contributed by atoms with E-state index >= 15 is 0 Å². The van der Waals surface area contributed by atoms with Crippen LogP contribution >= 0.6 is 81.0 Å². The molecule has 0 saturated carbocycles. The molecule has 0 aliphatic carbocycles. The van der Waals surface area contributed by atoms with E-state index in [1.807, 2.05) is 0 Å². The summed E-state index contributed by atoms with van der Waals surface area (Å²) in [7, 11) is 0. The molecule has 0 atom stereocenters. The molecule has 0 N–H and O–H groups in total. The van der Waals surface area contributed by atoms with Crippen molar-refractivity contribution in [2.75, 3.05) is 0 Å². The normalized spacial score (nSPS) is 0. The third-order valence-corrected chi connectivity index (χ3v) is 0. The molecule has 0 aliphatic heterocycles. The smallest absolute Gasteiger partial charge is 0 e. The van der Waals surface area contributed by atoms with E-state index in [1.165, 1.54) is 0 Å². The van der Waals surface area contributed by atoms with Gasteiger partial charge in [-0.2, -0.15) is 81.0 Å². The molecule has 0 aromatic heterocycles. The molecular weight excluding hydrogens is 781 g/mol. The van der Waals surface area contributed by atoms with Gasteiger partial charge in [-0.15, -0.1) is 0 Å². The fraction of sp³-hybridized carbons (Fsp3) is 0. The van der Waals surface area contributed by atoms with Crippen LogP contribution in [0.5, 0.6) is 0 Å². The van der Waals surface area contributed by atoms with Gasteiger partial charge >= 0.3 is 0 Å². The summed E-state index contributed by atoms with van der Waals surface area (Å²) in [6.07, 6.45) is 0. The van der Waals surface area contributed by atoms with E-state index in [0.29, 0.717) is 0 Å². The quantitative estimate of drug-likeness (QED) is 0.317. The summed E-state index contributed by atoms with van der Waals surface area (Å²) in [5.74, 6) is 0. The molecule has 66 valence electrons. The van der Waals surface area contributed by atoms with Crippen molar-refractivity contribution >= 4 is 81.0 Å². The standard InChI is InChI=1S/6H2S.9Zn/h6*1H2;;;;;;;;;. The van der Waals surface area contributed by atoms with Crippen LogP contribution in [0.3, 0.4) is 0 Å².